The molecular weight excluding hydrogens is 575 g/mol. The van der Waals surface area contributed by atoms with Crippen molar-refractivity contribution >= 4 is 23.3 Å². The standard InChI is InChI=1S/C32H30F3N5O4/c1-15-7-18(33)8-16(2)26(15)17-9-20(28(35)22(34)10-17)24(11-25(41)42)37-30(43)29-27-21(32(27,3)4)13-39(29)31(44)23-6-5-19-12-36-14-40(19)38-23/h5-10,12,14,21,24,27,29H,11,13H2,1-4H3,(H,37,43)(H,41,42)/t21?,24-,27?,29-/m0/s1. The van der Waals surface area contributed by atoms with Crippen LogP contribution in [0.5, 0.6) is 0 Å². The van der Waals surface area contributed by atoms with Crippen molar-refractivity contribution in [3.63, 3.8) is 0 Å². The zero-order valence-electron chi connectivity index (χ0n) is 24.4. The van der Waals surface area contributed by atoms with E-state index in [9.17, 15) is 23.9 Å². The van der Waals surface area contributed by atoms with Gasteiger partial charge in [-0.25, -0.2) is 22.7 Å². The maximum atomic E-state index is 15.4. The highest BCUT2D eigenvalue weighted by atomic mass is 19.2. The third-order valence-corrected chi connectivity index (χ3v) is 9.15. The number of benzene rings is 2. The van der Waals surface area contributed by atoms with Crippen LogP contribution in [-0.4, -0.2) is 55.0 Å². The number of amides is 2. The lowest BCUT2D eigenvalue weighted by molar-refractivity contribution is -0.138. The molecule has 3 heterocycles. The Bertz CT molecular complexity index is 1830. The van der Waals surface area contributed by atoms with Gasteiger partial charge in [-0.2, -0.15) is 5.10 Å². The number of fused-ring (bicyclic) bond motifs is 2. The van der Waals surface area contributed by atoms with Crippen LogP contribution in [0.15, 0.2) is 48.9 Å². The summed E-state index contributed by atoms with van der Waals surface area (Å²) in [6, 6.07) is 5.54. The van der Waals surface area contributed by atoms with E-state index in [0.717, 1.165) is 6.07 Å². The molecule has 1 aliphatic carbocycles. The van der Waals surface area contributed by atoms with Gasteiger partial charge in [-0.3, -0.25) is 14.4 Å². The van der Waals surface area contributed by atoms with Crippen molar-refractivity contribution in [3.8, 4) is 11.1 Å². The van der Waals surface area contributed by atoms with Crippen LogP contribution in [0.3, 0.4) is 0 Å². The zero-order chi connectivity index (χ0) is 31.7. The number of aliphatic carboxylic acids is 1. The van der Waals surface area contributed by atoms with E-state index in [4.69, 9.17) is 0 Å². The highest BCUT2D eigenvalue weighted by Gasteiger charge is 2.69. The first kappa shape index (κ1) is 29.3. The minimum Gasteiger partial charge on any atom is -0.481 e. The maximum absolute atomic E-state index is 15.4. The summed E-state index contributed by atoms with van der Waals surface area (Å²) in [6.07, 6.45) is 2.29. The lowest BCUT2D eigenvalue weighted by atomic mass is 9.91. The van der Waals surface area contributed by atoms with Gasteiger partial charge in [-0.1, -0.05) is 13.8 Å². The summed E-state index contributed by atoms with van der Waals surface area (Å²) in [7, 11) is 0. The van der Waals surface area contributed by atoms with Gasteiger partial charge >= 0.3 is 5.97 Å². The zero-order valence-corrected chi connectivity index (χ0v) is 24.4. The Hall–Kier alpha value is -4.74. The number of carboxylic acids is 1. The summed E-state index contributed by atoms with van der Waals surface area (Å²) in [5, 5.41) is 16.6. The minimum absolute atomic E-state index is 0.0130. The molecule has 1 saturated heterocycles. The SMILES string of the molecule is Cc1cc(F)cc(C)c1-c1cc(F)c(F)c([C@H](CC(=O)O)NC(=O)[C@@H]2C3C(CN2C(=O)c2ccc4cncn4n2)C3(C)C)c1. The quantitative estimate of drug-likeness (QED) is 0.311. The number of hydrogen-bond acceptors (Lipinski definition) is 5. The van der Waals surface area contributed by atoms with Gasteiger partial charge in [0.05, 0.1) is 24.2 Å². The second kappa shape index (κ2) is 10.5. The Kier molecular flexibility index (Phi) is 6.97. The van der Waals surface area contributed by atoms with Crippen LogP contribution in [0, 0.1) is 48.5 Å². The lowest BCUT2D eigenvalue weighted by Crippen LogP contribution is -2.51. The molecule has 2 amide bonds. The molecule has 0 spiro atoms. The number of carbonyl (C=O) groups is 3. The molecule has 0 radical (unpaired) electrons. The summed E-state index contributed by atoms with van der Waals surface area (Å²) in [4.78, 5) is 44.9. The number of piperidine rings is 1. The van der Waals surface area contributed by atoms with Gasteiger partial charge in [0.25, 0.3) is 5.91 Å². The number of aryl methyl sites for hydroxylation is 2. The van der Waals surface area contributed by atoms with Gasteiger partial charge in [0.1, 0.15) is 23.9 Å². The van der Waals surface area contributed by atoms with Gasteiger partial charge in [0.2, 0.25) is 5.91 Å². The Morgan fingerprint density at radius 3 is 2.48 bits per heavy atom. The van der Waals surface area contributed by atoms with Crippen LogP contribution in [0.1, 0.15) is 53.5 Å². The number of aromatic nitrogens is 3. The Labute approximate surface area is 250 Å². The van der Waals surface area contributed by atoms with Crippen LogP contribution >= 0.6 is 0 Å². The van der Waals surface area contributed by atoms with Crippen LogP contribution < -0.4 is 5.32 Å². The van der Waals surface area contributed by atoms with Crippen LogP contribution in [0.25, 0.3) is 16.6 Å². The Balaban J connectivity index is 1.35. The third kappa shape index (κ3) is 4.87. The number of nitrogens with zero attached hydrogens (tertiary/aromatic N) is 4. The minimum atomic E-state index is -1.46. The van der Waals surface area contributed by atoms with E-state index in [1.807, 2.05) is 13.8 Å². The third-order valence-electron chi connectivity index (χ3n) is 9.15. The molecule has 228 valence electrons. The van der Waals surface area contributed by atoms with E-state index in [1.54, 1.807) is 32.2 Å². The average molecular weight is 606 g/mol. The van der Waals surface area contributed by atoms with E-state index in [0.29, 0.717) is 22.2 Å². The highest BCUT2D eigenvalue weighted by Crippen LogP contribution is 2.65. The topological polar surface area (TPSA) is 117 Å². The van der Waals surface area contributed by atoms with Crippen molar-refractivity contribution in [2.45, 2.75) is 46.2 Å². The molecule has 44 heavy (non-hydrogen) atoms. The van der Waals surface area contributed by atoms with Crippen LogP contribution in [-0.2, 0) is 9.59 Å². The molecule has 2 N–H and O–H groups in total. The summed E-state index contributed by atoms with van der Waals surface area (Å²) >= 11 is 0. The number of imidazole rings is 1. The second-order valence-corrected chi connectivity index (χ2v) is 12.3. The number of nitrogens with one attached hydrogen (secondary N) is 1. The fourth-order valence-electron chi connectivity index (χ4n) is 6.92. The first-order chi connectivity index (χ1) is 20.8. The number of hydrogen-bond donors (Lipinski definition) is 2. The summed E-state index contributed by atoms with van der Waals surface area (Å²) < 4.78 is 45.8. The van der Waals surface area contributed by atoms with Gasteiger partial charge in [-0.15, -0.1) is 0 Å². The molecule has 2 fully saturated rings. The number of carbonyl (C=O) groups excluding carboxylic acids is 2. The molecule has 2 aliphatic rings. The number of rotatable bonds is 7. The molecule has 2 aromatic heterocycles. The molecule has 1 aliphatic heterocycles. The van der Waals surface area contributed by atoms with E-state index in [1.165, 1.54) is 33.9 Å². The monoisotopic (exact) mass is 605 g/mol. The molecule has 1 saturated carbocycles. The van der Waals surface area contributed by atoms with Crippen molar-refractivity contribution in [1.82, 2.24) is 24.8 Å². The molecular formula is C32H30F3N5O4. The summed E-state index contributed by atoms with van der Waals surface area (Å²) in [5.41, 5.74) is 1.77. The number of likely N-dealkylation sites (tertiary alicyclic amines) is 1. The smallest absolute Gasteiger partial charge is 0.305 e. The molecule has 2 unspecified atom stereocenters. The van der Waals surface area contributed by atoms with Gasteiger partial charge in [-0.05, 0) is 89.8 Å². The molecule has 4 aromatic rings. The lowest BCUT2D eigenvalue weighted by Gasteiger charge is -2.31. The maximum Gasteiger partial charge on any atom is 0.305 e. The van der Waals surface area contributed by atoms with Crippen LogP contribution in [0.2, 0.25) is 0 Å². The molecule has 0 bridgehead atoms. The van der Waals surface area contributed by atoms with E-state index < -0.39 is 53.7 Å². The van der Waals surface area contributed by atoms with E-state index in [2.05, 4.69) is 15.4 Å². The van der Waals surface area contributed by atoms with E-state index in [-0.39, 0.29) is 40.6 Å². The van der Waals surface area contributed by atoms with E-state index >= 15 is 8.78 Å². The summed E-state index contributed by atoms with van der Waals surface area (Å²) in [5.74, 6) is -5.76. The fraction of sp³-hybridized carbons (Fsp3) is 0.344. The van der Waals surface area contributed by atoms with Crippen molar-refractivity contribution in [2.24, 2.45) is 17.3 Å². The molecule has 12 heteroatoms. The highest BCUT2D eigenvalue weighted by molar-refractivity contribution is 5.97. The second-order valence-electron chi connectivity index (χ2n) is 12.3. The summed E-state index contributed by atoms with van der Waals surface area (Å²) in [6.45, 7) is 7.51. The molecule has 2 aromatic carbocycles. The number of halogens is 3. The van der Waals surface area contributed by atoms with Crippen molar-refractivity contribution in [3.05, 3.63) is 88.8 Å². The predicted molar refractivity (Wildman–Crippen MR) is 153 cm³/mol. The van der Waals surface area contributed by atoms with Crippen molar-refractivity contribution in [2.75, 3.05) is 6.54 Å². The normalized spacial score (nSPS) is 20.8. The number of carboxylic acid groups (broad SMARTS) is 1. The van der Waals surface area contributed by atoms with Crippen LogP contribution in [0.4, 0.5) is 13.2 Å². The largest absolute Gasteiger partial charge is 0.481 e. The Morgan fingerprint density at radius 2 is 1.80 bits per heavy atom. The first-order valence-corrected chi connectivity index (χ1v) is 14.2. The van der Waals surface area contributed by atoms with Crippen molar-refractivity contribution in [1.29, 1.82) is 0 Å². The molecule has 9 nitrogen and oxygen atoms in total. The van der Waals surface area contributed by atoms with Gasteiger partial charge < -0.3 is 15.3 Å². The average Bonchev–Trinajstić information content (AvgIpc) is 3.33. The van der Waals surface area contributed by atoms with Gasteiger partial charge in [0.15, 0.2) is 11.6 Å². The predicted octanol–water partition coefficient (Wildman–Crippen LogP) is 4.86. The fourth-order valence-corrected chi connectivity index (χ4v) is 6.92. The molecule has 4 atom stereocenters. The van der Waals surface area contributed by atoms with Gasteiger partial charge in [0, 0.05) is 12.1 Å². The Morgan fingerprint density at radius 1 is 1.09 bits per heavy atom. The molecule has 6 rings (SSSR count). The first-order valence-electron chi connectivity index (χ1n) is 14.2. The van der Waals surface area contributed by atoms with Crippen molar-refractivity contribution < 1.29 is 32.7 Å².